The van der Waals surface area contributed by atoms with Gasteiger partial charge in [-0.2, -0.15) is 0 Å². The second kappa shape index (κ2) is 5.92. The summed E-state index contributed by atoms with van der Waals surface area (Å²) < 4.78 is 0.515. The number of nitro groups is 1. The zero-order valence-corrected chi connectivity index (χ0v) is 13.7. The zero-order valence-electron chi connectivity index (χ0n) is 12.1. The van der Waals surface area contributed by atoms with Crippen LogP contribution in [0.1, 0.15) is 23.2 Å². The van der Waals surface area contributed by atoms with E-state index in [4.69, 9.17) is 0 Å². The molecule has 1 saturated carbocycles. The Balaban J connectivity index is 1.86. The largest absolute Gasteiger partial charge is 0.481 e. The van der Waals surface area contributed by atoms with Gasteiger partial charge >= 0.3 is 5.97 Å². The third-order valence-electron chi connectivity index (χ3n) is 4.58. The van der Waals surface area contributed by atoms with E-state index in [-0.39, 0.29) is 23.7 Å². The van der Waals surface area contributed by atoms with Crippen LogP contribution in [0.5, 0.6) is 0 Å². The highest BCUT2D eigenvalue weighted by molar-refractivity contribution is 9.10. The summed E-state index contributed by atoms with van der Waals surface area (Å²) in [5.41, 5.74) is -0.273. The molecule has 23 heavy (non-hydrogen) atoms. The van der Waals surface area contributed by atoms with Crippen molar-refractivity contribution in [3.05, 3.63) is 38.3 Å². The fraction of sp³-hybridized carbons (Fsp3) is 0.467. The standard InChI is InChI=1S/C15H15BrN2O5/c16-9-3-4-10(13(5-9)18(22)23)14(19)17-6-11(8-1-2-8)12(7-17)15(20)21/h3-5,8,11-12H,1-2,6-7H2,(H,20,21)/t11-,12+/m1/s1. The number of benzene rings is 1. The van der Waals surface area contributed by atoms with Crippen molar-refractivity contribution in [1.82, 2.24) is 4.90 Å². The van der Waals surface area contributed by atoms with Crippen molar-refractivity contribution in [2.45, 2.75) is 12.8 Å². The summed E-state index contributed by atoms with van der Waals surface area (Å²) >= 11 is 3.16. The van der Waals surface area contributed by atoms with Crippen molar-refractivity contribution in [2.24, 2.45) is 17.8 Å². The second-order valence-electron chi connectivity index (χ2n) is 6.07. The van der Waals surface area contributed by atoms with Gasteiger partial charge in [0.25, 0.3) is 11.6 Å². The number of carboxylic acid groups (broad SMARTS) is 1. The van der Waals surface area contributed by atoms with Gasteiger partial charge < -0.3 is 10.0 Å². The van der Waals surface area contributed by atoms with Gasteiger partial charge in [-0.1, -0.05) is 15.9 Å². The summed E-state index contributed by atoms with van der Waals surface area (Å²) in [6, 6.07) is 4.27. The highest BCUT2D eigenvalue weighted by Crippen LogP contribution is 2.44. The van der Waals surface area contributed by atoms with Crippen LogP contribution < -0.4 is 0 Å². The number of nitro benzene ring substituents is 1. The Kier molecular flexibility index (Phi) is 4.09. The number of carbonyl (C=O) groups is 2. The first-order valence-corrected chi connectivity index (χ1v) is 8.14. The predicted molar refractivity (Wildman–Crippen MR) is 84.0 cm³/mol. The summed E-state index contributed by atoms with van der Waals surface area (Å²) in [4.78, 5) is 36.1. The Morgan fingerprint density at radius 3 is 2.57 bits per heavy atom. The highest BCUT2D eigenvalue weighted by atomic mass is 79.9. The van der Waals surface area contributed by atoms with E-state index in [9.17, 15) is 24.8 Å². The monoisotopic (exact) mass is 382 g/mol. The van der Waals surface area contributed by atoms with E-state index >= 15 is 0 Å². The minimum Gasteiger partial charge on any atom is -0.481 e. The quantitative estimate of drug-likeness (QED) is 0.636. The lowest BCUT2D eigenvalue weighted by Crippen LogP contribution is -2.30. The fourth-order valence-corrected chi connectivity index (χ4v) is 3.61. The third kappa shape index (κ3) is 3.08. The van der Waals surface area contributed by atoms with Crippen LogP contribution in [0.25, 0.3) is 0 Å². The van der Waals surface area contributed by atoms with E-state index in [1.807, 2.05) is 0 Å². The molecule has 1 aromatic carbocycles. The molecule has 7 nitrogen and oxygen atoms in total. The summed E-state index contributed by atoms with van der Waals surface area (Å²) in [6.07, 6.45) is 1.99. The Morgan fingerprint density at radius 2 is 2.00 bits per heavy atom. The molecule has 2 fully saturated rings. The number of rotatable bonds is 4. The minimum atomic E-state index is -0.900. The Bertz CT molecular complexity index is 688. The van der Waals surface area contributed by atoms with Crippen LogP contribution in [0, 0.1) is 27.9 Å². The lowest BCUT2D eigenvalue weighted by molar-refractivity contribution is -0.385. The maximum Gasteiger partial charge on any atom is 0.308 e. The van der Waals surface area contributed by atoms with E-state index in [0.717, 1.165) is 12.8 Å². The number of carboxylic acids is 1. The van der Waals surface area contributed by atoms with Crippen LogP contribution in [0.2, 0.25) is 0 Å². The molecule has 2 atom stereocenters. The number of likely N-dealkylation sites (tertiary alicyclic amines) is 1. The summed E-state index contributed by atoms with van der Waals surface area (Å²) in [5.74, 6) is -1.65. The van der Waals surface area contributed by atoms with Crippen molar-refractivity contribution in [2.75, 3.05) is 13.1 Å². The number of amides is 1. The SMILES string of the molecule is O=C(O)[C@H]1CN(C(=O)c2ccc(Br)cc2[N+](=O)[O-])C[C@@H]1C1CC1. The van der Waals surface area contributed by atoms with Crippen LogP contribution in [0.3, 0.4) is 0 Å². The second-order valence-corrected chi connectivity index (χ2v) is 6.99. The van der Waals surface area contributed by atoms with Gasteiger partial charge in [-0.15, -0.1) is 0 Å². The van der Waals surface area contributed by atoms with Gasteiger partial charge in [-0.3, -0.25) is 19.7 Å². The molecule has 3 rings (SSSR count). The Labute approximate surface area is 140 Å². The summed E-state index contributed by atoms with van der Waals surface area (Å²) in [7, 11) is 0. The molecular formula is C15H15BrN2O5. The third-order valence-corrected chi connectivity index (χ3v) is 5.08. The average Bonchev–Trinajstić information content (AvgIpc) is 3.24. The molecule has 1 N–H and O–H groups in total. The maximum absolute atomic E-state index is 12.7. The molecule has 1 aromatic rings. The molecule has 1 saturated heterocycles. The number of halogens is 1. The minimum absolute atomic E-state index is 0.00112. The average molecular weight is 383 g/mol. The first kappa shape index (κ1) is 15.9. The molecule has 122 valence electrons. The molecule has 1 amide bonds. The molecule has 1 aliphatic carbocycles. The fourth-order valence-electron chi connectivity index (χ4n) is 3.27. The first-order valence-electron chi connectivity index (χ1n) is 7.34. The van der Waals surface area contributed by atoms with Gasteiger partial charge in [0.15, 0.2) is 0 Å². The topological polar surface area (TPSA) is 101 Å². The lowest BCUT2D eigenvalue weighted by atomic mass is 9.92. The summed E-state index contributed by atoms with van der Waals surface area (Å²) in [5, 5.41) is 20.5. The molecule has 0 radical (unpaired) electrons. The van der Waals surface area contributed by atoms with Crippen LogP contribution >= 0.6 is 15.9 Å². The van der Waals surface area contributed by atoms with Crippen molar-refractivity contribution in [1.29, 1.82) is 0 Å². The van der Waals surface area contributed by atoms with Gasteiger partial charge in [0.2, 0.25) is 0 Å². The normalized spacial score (nSPS) is 23.8. The number of carbonyl (C=O) groups excluding carboxylic acids is 1. The molecule has 0 unspecified atom stereocenters. The molecule has 1 aliphatic heterocycles. The molecule has 8 heteroatoms. The van der Waals surface area contributed by atoms with Gasteiger partial charge in [0.1, 0.15) is 5.56 Å². The number of nitrogens with zero attached hydrogens (tertiary/aromatic N) is 2. The van der Waals surface area contributed by atoms with Gasteiger partial charge in [0.05, 0.1) is 10.8 Å². The van der Waals surface area contributed by atoms with Crippen LogP contribution in [0.15, 0.2) is 22.7 Å². The van der Waals surface area contributed by atoms with Crippen molar-refractivity contribution in [3.8, 4) is 0 Å². The molecule has 1 heterocycles. The molecule has 2 aliphatic rings. The van der Waals surface area contributed by atoms with Crippen molar-refractivity contribution < 1.29 is 19.6 Å². The van der Waals surface area contributed by atoms with Crippen LogP contribution in [0.4, 0.5) is 5.69 Å². The summed E-state index contributed by atoms with van der Waals surface area (Å²) in [6.45, 7) is 0.468. The molecule has 0 bridgehead atoms. The van der Waals surface area contributed by atoms with Crippen LogP contribution in [-0.2, 0) is 4.79 Å². The zero-order chi connectivity index (χ0) is 16.7. The number of hydrogen-bond donors (Lipinski definition) is 1. The lowest BCUT2D eigenvalue weighted by Gasteiger charge is -2.16. The van der Waals surface area contributed by atoms with E-state index in [0.29, 0.717) is 16.9 Å². The maximum atomic E-state index is 12.7. The smallest absolute Gasteiger partial charge is 0.308 e. The van der Waals surface area contributed by atoms with Gasteiger partial charge in [-0.25, -0.2) is 0 Å². The van der Waals surface area contributed by atoms with Crippen LogP contribution in [-0.4, -0.2) is 39.9 Å². The first-order chi connectivity index (χ1) is 10.9. The van der Waals surface area contributed by atoms with E-state index in [1.54, 1.807) is 6.07 Å². The Morgan fingerprint density at radius 1 is 1.30 bits per heavy atom. The van der Waals surface area contributed by atoms with E-state index < -0.39 is 22.7 Å². The molecule has 0 aromatic heterocycles. The van der Waals surface area contributed by atoms with Crippen molar-refractivity contribution in [3.63, 3.8) is 0 Å². The van der Waals surface area contributed by atoms with Crippen molar-refractivity contribution >= 4 is 33.5 Å². The predicted octanol–water partition coefficient (Wildman–Crippen LogP) is 2.54. The number of hydrogen-bond acceptors (Lipinski definition) is 4. The highest BCUT2D eigenvalue weighted by Gasteiger charge is 2.47. The Hall–Kier alpha value is -1.96. The van der Waals surface area contributed by atoms with Gasteiger partial charge in [-0.05, 0) is 36.8 Å². The molecular weight excluding hydrogens is 368 g/mol. The van der Waals surface area contributed by atoms with Gasteiger partial charge in [0, 0.05) is 23.6 Å². The van der Waals surface area contributed by atoms with E-state index in [2.05, 4.69) is 15.9 Å². The number of aliphatic carboxylic acids is 1. The van der Waals surface area contributed by atoms with E-state index in [1.165, 1.54) is 17.0 Å². The molecule has 0 spiro atoms.